The lowest BCUT2D eigenvalue weighted by Gasteiger charge is -2.32. The maximum atomic E-state index is 10.4. The molecule has 0 aliphatic heterocycles. The van der Waals surface area contributed by atoms with Gasteiger partial charge in [-0.1, -0.05) is 25.3 Å². The molecular formula is C14H21NOS. The number of rotatable bonds is 4. The molecule has 2 rings (SSSR count). The number of thioether (sulfide) groups is 1. The standard InChI is InChI=1S/C14H21NOS/c1-17-13-7-5-6-12(10-13)15-11-14(16)8-3-2-4-9-14/h5-7,10,15-16H,2-4,8-9,11H2,1H3. The summed E-state index contributed by atoms with van der Waals surface area (Å²) in [5.41, 5.74) is 0.615. The summed E-state index contributed by atoms with van der Waals surface area (Å²) in [4.78, 5) is 1.26. The van der Waals surface area contributed by atoms with E-state index < -0.39 is 5.60 Å². The fraction of sp³-hybridized carbons (Fsp3) is 0.571. The van der Waals surface area contributed by atoms with Crippen molar-refractivity contribution in [3.63, 3.8) is 0 Å². The van der Waals surface area contributed by atoms with E-state index in [1.807, 2.05) is 0 Å². The summed E-state index contributed by atoms with van der Waals surface area (Å²) >= 11 is 1.74. The molecule has 0 unspecified atom stereocenters. The van der Waals surface area contributed by atoms with E-state index in [1.165, 1.54) is 11.3 Å². The van der Waals surface area contributed by atoms with Crippen LogP contribution in [0.15, 0.2) is 29.2 Å². The highest BCUT2D eigenvalue weighted by Crippen LogP contribution is 2.28. The van der Waals surface area contributed by atoms with E-state index in [0.717, 1.165) is 31.4 Å². The molecule has 1 aromatic carbocycles. The molecule has 0 aromatic heterocycles. The van der Waals surface area contributed by atoms with Gasteiger partial charge in [-0.2, -0.15) is 0 Å². The van der Waals surface area contributed by atoms with E-state index >= 15 is 0 Å². The van der Waals surface area contributed by atoms with Gasteiger partial charge in [0.15, 0.2) is 0 Å². The minimum atomic E-state index is -0.492. The third kappa shape index (κ3) is 3.65. The molecular weight excluding hydrogens is 230 g/mol. The SMILES string of the molecule is CSc1cccc(NCC2(O)CCCCC2)c1. The van der Waals surface area contributed by atoms with Crippen LogP contribution in [0.2, 0.25) is 0 Å². The molecule has 2 nitrogen and oxygen atoms in total. The van der Waals surface area contributed by atoms with Crippen LogP contribution >= 0.6 is 11.8 Å². The molecule has 2 N–H and O–H groups in total. The quantitative estimate of drug-likeness (QED) is 0.803. The highest BCUT2D eigenvalue weighted by atomic mass is 32.2. The van der Waals surface area contributed by atoms with Crippen molar-refractivity contribution in [3.05, 3.63) is 24.3 Å². The maximum Gasteiger partial charge on any atom is 0.0819 e. The maximum absolute atomic E-state index is 10.4. The first kappa shape index (κ1) is 12.8. The van der Waals surface area contributed by atoms with Crippen molar-refractivity contribution in [2.24, 2.45) is 0 Å². The first-order valence-electron chi connectivity index (χ1n) is 6.32. The van der Waals surface area contributed by atoms with Crippen LogP contribution < -0.4 is 5.32 Å². The lowest BCUT2D eigenvalue weighted by Crippen LogP contribution is -2.38. The van der Waals surface area contributed by atoms with Crippen LogP contribution in [0.25, 0.3) is 0 Å². The molecule has 0 atom stereocenters. The van der Waals surface area contributed by atoms with Gasteiger partial charge < -0.3 is 10.4 Å². The molecule has 0 bridgehead atoms. The summed E-state index contributed by atoms with van der Waals surface area (Å²) < 4.78 is 0. The van der Waals surface area contributed by atoms with Crippen LogP contribution in [0, 0.1) is 0 Å². The van der Waals surface area contributed by atoms with E-state index in [2.05, 4.69) is 35.8 Å². The van der Waals surface area contributed by atoms with Gasteiger partial charge in [-0.25, -0.2) is 0 Å². The summed E-state index contributed by atoms with van der Waals surface area (Å²) in [7, 11) is 0. The molecule has 0 saturated heterocycles. The number of benzene rings is 1. The molecule has 1 aromatic rings. The largest absolute Gasteiger partial charge is 0.388 e. The van der Waals surface area contributed by atoms with Gasteiger partial charge in [-0.05, 0) is 37.3 Å². The zero-order chi connectivity index (χ0) is 12.1. The molecule has 0 amide bonds. The molecule has 1 aliphatic carbocycles. The first-order valence-corrected chi connectivity index (χ1v) is 7.55. The molecule has 3 heteroatoms. The third-order valence-electron chi connectivity index (χ3n) is 3.48. The van der Waals surface area contributed by atoms with Crippen LogP contribution in [0.3, 0.4) is 0 Å². The highest BCUT2D eigenvalue weighted by molar-refractivity contribution is 7.98. The number of hydrogen-bond acceptors (Lipinski definition) is 3. The summed E-state index contributed by atoms with van der Waals surface area (Å²) in [5.74, 6) is 0. The second kappa shape index (κ2) is 5.78. The van der Waals surface area contributed by atoms with E-state index in [9.17, 15) is 5.11 Å². The lowest BCUT2D eigenvalue weighted by molar-refractivity contribution is 0.0167. The van der Waals surface area contributed by atoms with Crippen LogP contribution in [-0.4, -0.2) is 23.5 Å². The van der Waals surface area contributed by atoms with Gasteiger partial charge in [0, 0.05) is 17.1 Å². The fourth-order valence-corrected chi connectivity index (χ4v) is 2.85. The molecule has 0 heterocycles. The molecule has 17 heavy (non-hydrogen) atoms. The minimum Gasteiger partial charge on any atom is -0.388 e. The van der Waals surface area contributed by atoms with E-state index in [1.54, 1.807) is 11.8 Å². The van der Waals surface area contributed by atoms with Gasteiger partial charge in [0.1, 0.15) is 0 Å². The van der Waals surface area contributed by atoms with E-state index in [-0.39, 0.29) is 0 Å². The monoisotopic (exact) mass is 251 g/mol. The Morgan fingerprint density at radius 3 is 2.76 bits per heavy atom. The van der Waals surface area contributed by atoms with Gasteiger partial charge in [-0.3, -0.25) is 0 Å². The van der Waals surface area contributed by atoms with Gasteiger partial charge in [0.25, 0.3) is 0 Å². The zero-order valence-corrected chi connectivity index (χ0v) is 11.2. The Morgan fingerprint density at radius 1 is 1.29 bits per heavy atom. The van der Waals surface area contributed by atoms with Crippen molar-refractivity contribution in [1.82, 2.24) is 0 Å². The van der Waals surface area contributed by atoms with Crippen LogP contribution in [-0.2, 0) is 0 Å². The topological polar surface area (TPSA) is 32.3 Å². The second-order valence-corrected chi connectivity index (χ2v) is 5.75. The van der Waals surface area contributed by atoms with Crippen molar-refractivity contribution in [2.45, 2.75) is 42.6 Å². The molecule has 1 saturated carbocycles. The van der Waals surface area contributed by atoms with Crippen molar-refractivity contribution < 1.29 is 5.11 Å². The van der Waals surface area contributed by atoms with Crippen LogP contribution in [0.1, 0.15) is 32.1 Å². The van der Waals surface area contributed by atoms with Crippen molar-refractivity contribution in [3.8, 4) is 0 Å². The molecule has 0 spiro atoms. The van der Waals surface area contributed by atoms with Crippen molar-refractivity contribution in [2.75, 3.05) is 18.1 Å². The highest BCUT2D eigenvalue weighted by Gasteiger charge is 2.28. The normalized spacial score (nSPS) is 18.9. The van der Waals surface area contributed by atoms with Gasteiger partial charge >= 0.3 is 0 Å². The smallest absolute Gasteiger partial charge is 0.0819 e. The number of nitrogens with one attached hydrogen (secondary N) is 1. The molecule has 1 aliphatic rings. The van der Waals surface area contributed by atoms with Crippen molar-refractivity contribution in [1.29, 1.82) is 0 Å². The Morgan fingerprint density at radius 2 is 2.06 bits per heavy atom. The fourth-order valence-electron chi connectivity index (χ4n) is 2.39. The number of anilines is 1. The van der Waals surface area contributed by atoms with Gasteiger partial charge in [0.2, 0.25) is 0 Å². The van der Waals surface area contributed by atoms with Crippen molar-refractivity contribution >= 4 is 17.4 Å². The predicted molar refractivity (Wildman–Crippen MR) is 74.7 cm³/mol. The summed E-state index contributed by atoms with van der Waals surface area (Å²) in [6.45, 7) is 0.671. The Balaban J connectivity index is 1.92. The van der Waals surface area contributed by atoms with E-state index in [4.69, 9.17) is 0 Å². The van der Waals surface area contributed by atoms with Crippen LogP contribution in [0.4, 0.5) is 5.69 Å². The summed E-state index contributed by atoms with van der Waals surface area (Å²) in [5, 5.41) is 13.8. The molecule has 1 fully saturated rings. The zero-order valence-electron chi connectivity index (χ0n) is 10.4. The number of hydrogen-bond donors (Lipinski definition) is 2. The average molecular weight is 251 g/mol. The molecule has 0 radical (unpaired) electrons. The number of aliphatic hydroxyl groups is 1. The first-order chi connectivity index (χ1) is 8.22. The Kier molecular flexibility index (Phi) is 4.35. The lowest BCUT2D eigenvalue weighted by atomic mass is 9.85. The van der Waals surface area contributed by atoms with Gasteiger partial charge in [-0.15, -0.1) is 11.8 Å². The Bertz CT molecular complexity index is 361. The molecule has 94 valence electrons. The Labute approximate surface area is 108 Å². The Hall–Kier alpha value is -0.670. The third-order valence-corrected chi connectivity index (χ3v) is 4.20. The predicted octanol–water partition coefficient (Wildman–Crippen LogP) is 3.52. The van der Waals surface area contributed by atoms with Gasteiger partial charge in [0.05, 0.1) is 5.60 Å². The average Bonchev–Trinajstić information content (AvgIpc) is 2.38. The minimum absolute atomic E-state index is 0.492. The van der Waals surface area contributed by atoms with Crippen LogP contribution in [0.5, 0.6) is 0 Å². The second-order valence-electron chi connectivity index (χ2n) is 4.87. The van der Waals surface area contributed by atoms with E-state index in [0.29, 0.717) is 6.54 Å². The summed E-state index contributed by atoms with van der Waals surface area (Å²) in [6, 6.07) is 8.35. The summed E-state index contributed by atoms with van der Waals surface area (Å²) in [6.07, 6.45) is 7.52.